The van der Waals surface area contributed by atoms with Crippen molar-refractivity contribution in [3.05, 3.63) is 23.4 Å². The van der Waals surface area contributed by atoms with Gasteiger partial charge in [0.2, 0.25) is 15.9 Å². The SMILES string of the molecule is Cc1ccnc2c1C1CCC(CC1)OCC1C(NS(=O)(=O)C3COC3)CCN1C(=O)CO2. The molecule has 1 aromatic rings. The minimum absolute atomic E-state index is 0.114. The van der Waals surface area contributed by atoms with E-state index in [1.807, 2.05) is 6.07 Å². The van der Waals surface area contributed by atoms with E-state index < -0.39 is 15.3 Å². The van der Waals surface area contributed by atoms with Gasteiger partial charge in [-0.05, 0) is 56.6 Å². The largest absolute Gasteiger partial charge is 0.467 e. The third-order valence-corrected chi connectivity index (χ3v) is 9.10. The smallest absolute Gasteiger partial charge is 0.260 e. The molecule has 4 aliphatic heterocycles. The van der Waals surface area contributed by atoms with Crippen molar-refractivity contribution in [3.63, 3.8) is 0 Å². The molecule has 2 unspecified atom stereocenters. The second-order valence-electron chi connectivity index (χ2n) is 9.31. The number of nitrogens with zero attached hydrogens (tertiary/aromatic N) is 2. The van der Waals surface area contributed by atoms with Crippen LogP contribution < -0.4 is 9.46 Å². The van der Waals surface area contributed by atoms with E-state index in [-0.39, 0.29) is 43.9 Å². The molecule has 5 heterocycles. The molecule has 2 atom stereocenters. The molecule has 9 nitrogen and oxygen atoms in total. The van der Waals surface area contributed by atoms with E-state index in [0.717, 1.165) is 36.8 Å². The van der Waals surface area contributed by atoms with Gasteiger partial charge in [0.15, 0.2) is 6.61 Å². The highest BCUT2D eigenvalue weighted by atomic mass is 32.2. The first-order valence-electron chi connectivity index (χ1n) is 11.5. The number of sulfonamides is 1. The van der Waals surface area contributed by atoms with Crippen LogP contribution in [-0.4, -0.2) is 80.6 Å². The van der Waals surface area contributed by atoms with E-state index in [9.17, 15) is 13.2 Å². The Morgan fingerprint density at radius 1 is 1.12 bits per heavy atom. The number of carbonyl (C=O) groups is 1. The number of pyridine rings is 1. The molecule has 10 heteroatoms. The maximum absolute atomic E-state index is 13.1. The zero-order valence-corrected chi connectivity index (χ0v) is 19.2. The molecule has 32 heavy (non-hydrogen) atoms. The fourth-order valence-electron chi connectivity index (χ4n) is 5.33. The van der Waals surface area contributed by atoms with E-state index in [0.29, 0.717) is 31.4 Å². The Bertz CT molecular complexity index is 958. The predicted octanol–water partition coefficient (Wildman–Crippen LogP) is 1.11. The third kappa shape index (κ3) is 4.25. The Kier molecular flexibility index (Phi) is 6.13. The van der Waals surface area contributed by atoms with E-state index in [2.05, 4.69) is 16.6 Å². The van der Waals surface area contributed by atoms with E-state index in [4.69, 9.17) is 14.2 Å². The van der Waals surface area contributed by atoms with Gasteiger partial charge >= 0.3 is 0 Å². The molecular formula is C22H31N3O6S. The summed E-state index contributed by atoms with van der Waals surface area (Å²) in [5.74, 6) is 0.714. The Morgan fingerprint density at radius 2 is 1.91 bits per heavy atom. The van der Waals surface area contributed by atoms with Crippen LogP contribution in [0.4, 0.5) is 0 Å². The minimum atomic E-state index is -3.50. The van der Waals surface area contributed by atoms with Crippen LogP contribution in [0.2, 0.25) is 0 Å². The molecule has 0 spiro atoms. The molecule has 2 saturated heterocycles. The highest BCUT2D eigenvalue weighted by Crippen LogP contribution is 2.39. The van der Waals surface area contributed by atoms with Gasteiger partial charge in [0.25, 0.3) is 5.91 Å². The first kappa shape index (κ1) is 22.1. The van der Waals surface area contributed by atoms with Crippen LogP contribution >= 0.6 is 0 Å². The molecule has 5 aliphatic rings. The molecule has 176 valence electrons. The quantitative estimate of drug-likeness (QED) is 0.713. The molecule has 0 aromatic carbocycles. The van der Waals surface area contributed by atoms with Crippen molar-refractivity contribution in [2.45, 2.75) is 68.4 Å². The van der Waals surface area contributed by atoms with Crippen LogP contribution in [-0.2, 0) is 24.3 Å². The molecule has 1 aliphatic carbocycles. The van der Waals surface area contributed by atoms with Crippen LogP contribution in [0.1, 0.15) is 49.1 Å². The molecule has 1 amide bonds. The summed E-state index contributed by atoms with van der Waals surface area (Å²) in [6.07, 6.45) is 6.19. The van der Waals surface area contributed by atoms with Crippen molar-refractivity contribution in [2.24, 2.45) is 0 Å². The standard InChI is InChI=1S/C22H31N3O6S/c1-14-6-8-23-22-21(14)15-2-4-16(5-3-15)30-12-19-18(7-9-25(19)20(26)13-31-22)24-32(27,28)17-10-29-11-17/h6,8,15-19,24H,2-5,7,9-13H2,1H3. The van der Waals surface area contributed by atoms with Gasteiger partial charge in [-0.2, -0.15) is 0 Å². The summed E-state index contributed by atoms with van der Waals surface area (Å²) >= 11 is 0. The van der Waals surface area contributed by atoms with Crippen molar-refractivity contribution >= 4 is 15.9 Å². The summed E-state index contributed by atoms with van der Waals surface area (Å²) in [4.78, 5) is 19.3. The lowest BCUT2D eigenvalue weighted by Gasteiger charge is -2.33. The predicted molar refractivity (Wildman–Crippen MR) is 116 cm³/mol. The number of nitrogens with one attached hydrogen (secondary N) is 1. The number of hydrogen-bond acceptors (Lipinski definition) is 7. The van der Waals surface area contributed by atoms with E-state index >= 15 is 0 Å². The Hall–Kier alpha value is -1.75. The normalized spacial score (nSPS) is 31.5. The molecule has 3 fully saturated rings. The van der Waals surface area contributed by atoms with Crippen molar-refractivity contribution in [3.8, 4) is 5.88 Å². The van der Waals surface area contributed by atoms with Gasteiger partial charge in [-0.1, -0.05) is 0 Å². The zero-order chi connectivity index (χ0) is 22.3. The summed E-state index contributed by atoms with van der Waals surface area (Å²) < 4.78 is 45.4. The summed E-state index contributed by atoms with van der Waals surface area (Å²) in [5, 5.41) is -0.521. The highest BCUT2D eigenvalue weighted by Gasteiger charge is 2.43. The van der Waals surface area contributed by atoms with E-state index in [1.165, 1.54) is 0 Å². The summed E-state index contributed by atoms with van der Waals surface area (Å²) in [7, 11) is -3.50. The maximum atomic E-state index is 13.1. The van der Waals surface area contributed by atoms with Crippen LogP contribution in [0.25, 0.3) is 0 Å². The van der Waals surface area contributed by atoms with Gasteiger partial charge in [-0.3, -0.25) is 4.79 Å². The number of aromatic nitrogens is 1. The second-order valence-corrected chi connectivity index (χ2v) is 11.3. The first-order chi connectivity index (χ1) is 15.4. The van der Waals surface area contributed by atoms with Crippen LogP contribution in [0.3, 0.4) is 0 Å². The number of rotatable bonds is 3. The molecule has 2 bridgehead atoms. The number of fused-ring (bicyclic) bond motifs is 5. The van der Waals surface area contributed by atoms with Gasteiger partial charge in [0, 0.05) is 24.3 Å². The number of hydrogen-bond donors (Lipinski definition) is 1. The lowest BCUT2D eigenvalue weighted by Crippen LogP contribution is -2.54. The third-order valence-electron chi connectivity index (χ3n) is 7.32. The van der Waals surface area contributed by atoms with Crippen molar-refractivity contribution in [1.82, 2.24) is 14.6 Å². The van der Waals surface area contributed by atoms with Crippen molar-refractivity contribution in [1.29, 1.82) is 0 Å². The lowest BCUT2D eigenvalue weighted by molar-refractivity contribution is -0.136. The minimum Gasteiger partial charge on any atom is -0.467 e. The molecule has 1 N–H and O–H groups in total. The Morgan fingerprint density at radius 3 is 2.62 bits per heavy atom. The summed E-state index contributed by atoms with van der Waals surface area (Å²) in [6.45, 7) is 3.16. The van der Waals surface area contributed by atoms with Crippen LogP contribution in [0.15, 0.2) is 12.3 Å². The van der Waals surface area contributed by atoms with Crippen LogP contribution in [0, 0.1) is 6.92 Å². The van der Waals surface area contributed by atoms with Gasteiger partial charge in [-0.15, -0.1) is 0 Å². The zero-order valence-electron chi connectivity index (χ0n) is 18.4. The van der Waals surface area contributed by atoms with Gasteiger partial charge in [-0.25, -0.2) is 18.1 Å². The monoisotopic (exact) mass is 465 g/mol. The van der Waals surface area contributed by atoms with Gasteiger partial charge in [0.05, 0.1) is 32.0 Å². The lowest BCUT2D eigenvalue weighted by atomic mass is 9.81. The Labute approximate surface area is 188 Å². The second kappa shape index (κ2) is 8.89. The van der Waals surface area contributed by atoms with Gasteiger partial charge < -0.3 is 19.1 Å². The summed E-state index contributed by atoms with van der Waals surface area (Å²) in [5.41, 5.74) is 2.24. The number of carbonyl (C=O) groups excluding carboxylic acids is 1. The first-order valence-corrected chi connectivity index (χ1v) is 13.1. The summed E-state index contributed by atoms with van der Waals surface area (Å²) in [6, 6.07) is 1.26. The van der Waals surface area contributed by atoms with Crippen LogP contribution in [0.5, 0.6) is 5.88 Å². The fraction of sp³-hybridized carbons (Fsp3) is 0.727. The number of ether oxygens (including phenoxy) is 3. The van der Waals surface area contributed by atoms with Crippen molar-refractivity contribution < 1.29 is 27.4 Å². The fourth-order valence-corrected chi connectivity index (χ4v) is 6.77. The molecule has 6 rings (SSSR count). The average molecular weight is 466 g/mol. The maximum Gasteiger partial charge on any atom is 0.260 e. The average Bonchev–Trinajstić information content (AvgIpc) is 3.11. The molecule has 1 saturated carbocycles. The van der Waals surface area contributed by atoms with E-state index in [1.54, 1.807) is 11.1 Å². The molecule has 0 radical (unpaired) electrons. The Balaban J connectivity index is 1.38. The van der Waals surface area contributed by atoms with Gasteiger partial charge in [0.1, 0.15) is 5.25 Å². The topological polar surface area (TPSA) is 107 Å². The number of amides is 1. The highest BCUT2D eigenvalue weighted by molar-refractivity contribution is 7.90. The van der Waals surface area contributed by atoms with Crippen molar-refractivity contribution in [2.75, 3.05) is 33.0 Å². The molecular weight excluding hydrogens is 434 g/mol. The number of aryl methyl sites for hydroxylation is 1. The molecule has 1 aromatic heterocycles.